The van der Waals surface area contributed by atoms with Gasteiger partial charge in [0.05, 0.1) is 11.4 Å². The van der Waals surface area contributed by atoms with Gasteiger partial charge in [0.2, 0.25) is 0 Å². The normalized spacial score (nSPS) is 12.9. The van der Waals surface area contributed by atoms with Crippen molar-refractivity contribution in [2.24, 2.45) is 0 Å². The highest BCUT2D eigenvalue weighted by atomic mass is 16.3. The number of fused-ring (bicyclic) bond motifs is 9. The van der Waals surface area contributed by atoms with Gasteiger partial charge in [-0.1, -0.05) is 156 Å². The largest absolute Gasteiger partial charge is 0.456 e. The summed E-state index contributed by atoms with van der Waals surface area (Å²) in [6.07, 6.45) is 0. The molecule has 0 fully saturated rings. The summed E-state index contributed by atoms with van der Waals surface area (Å²) in [5, 5.41) is 11.4. The van der Waals surface area contributed by atoms with Crippen molar-refractivity contribution in [1.29, 1.82) is 0 Å². The first kappa shape index (κ1) is 47.2. The zero-order chi connectivity index (χ0) is 51.6. The standard InChI is InChI=1S/C70H66N2O2/c1-67(2,3)49-21-25-51(26-22-49)71(61-37-45-19-15-13-17-43(45)35-59(61)69(7,8)9)53-29-31-55-57-33-47-40-64-58(34-48(47)39-63(57)73-65(55)41-53)56-32-30-54(42-66(56)74-64)72(52-27-23-50(24-28-52)68(4,5)6)62-38-46-20-16-14-18-44(46)36-60(62)70(10,11)12/h13-42H,1-12H3. The third-order valence-corrected chi connectivity index (χ3v) is 15.3. The Labute approximate surface area is 435 Å². The maximum absolute atomic E-state index is 6.89. The van der Waals surface area contributed by atoms with E-state index in [2.05, 4.69) is 275 Å². The minimum atomic E-state index is -0.118. The van der Waals surface area contributed by atoms with Crippen molar-refractivity contribution in [3.05, 3.63) is 204 Å². The fourth-order valence-electron chi connectivity index (χ4n) is 11.2. The summed E-state index contributed by atoms with van der Waals surface area (Å²) >= 11 is 0. The Bertz CT molecular complexity index is 3890. The zero-order valence-electron chi connectivity index (χ0n) is 45.0. The summed E-state index contributed by atoms with van der Waals surface area (Å²) in [7, 11) is 0. The average molecular weight is 967 g/mol. The summed E-state index contributed by atoms with van der Waals surface area (Å²) in [5.74, 6) is 0. The molecular formula is C70H66N2O2. The molecule has 0 unspecified atom stereocenters. The SMILES string of the molecule is CC(C)(C)c1ccc(N(c2ccc3c(c2)oc2cc4cc5c(cc4cc23)oc2cc(N(c3ccc(C(C)(C)C)cc3)c3cc4ccccc4cc3C(C)(C)C)ccc25)c2cc3ccccc3cc2C(C)(C)C)cc1. The van der Waals surface area contributed by atoms with Crippen molar-refractivity contribution in [3.63, 3.8) is 0 Å². The Morgan fingerprint density at radius 2 is 0.595 bits per heavy atom. The van der Waals surface area contributed by atoms with Gasteiger partial charge in [-0.25, -0.2) is 0 Å². The molecule has 0 amide bonds. The smallest absolute Gasteiger partial charge is 0.137 e. The number of hydrogen-bond donors (Lipinski definition) is 0. The van der Waals surface area contributed by atoms with E-state index >= 15 is 0 Å². The van der Waals surface area contributed by atoms with Crippen molar-refractivity contribution < 1.29 is 8.83 Å². The monoisotopic (exact) mass is 967 g/mol. The Balaban J connectivity index is 0.976. The minimum Gasteiger partial charge on any atom is -0.456 e. The van der Waals surface area contributed by atoms with Crippen molar-refractivity contribution in [3.8, 4) is 0 Å². The van der Waals surface area contributed by atoms with E-state index < -0.39 is 0 Å². The first-order valence-corrected chi connectivity index (χ1v) is 26.3. The summed E-state index contributed by atoms with van der Waals surface area (Å²) < 4.78 is 13.8. The lowest BCUT2D eigenvalue weighted by Crippen LogP contribution is -2.19. The second kappa shape index (κ2) is 16.9. The summed E-state index contributed by atoms with van der Waals surface area (Å²) in [6, 6.07) is 67.4. The molecule has 0 radical (unpaired) electrons. The molecule has 0 bridgehead atoms. The second-order valence-electron chi connectivity index (χ2n) is 24.8. The molecule has 0 spiro atoms. The number of anilines is 6. The van der Waals surface area contributed by atoms with Crippen LogP contribution in [0.2, 0.25) is 0 Å². The van der Waals surface area contributed by atoms with Gasteiger partial charge < -0.3 is 18.6 Å². The van der Waals surface area contributed by atoms with E-state index in [1.54, 1.807) is 0 Å². The topological polar surface area (TPSA) is 32.8 Å². The van der Waals surface area contributed by atoms with E-state index in [0.717, 1.165) is 88.8 Å². The van der Waals surface area contributed by atoms with Gasteiger partial charge in [0, 0.05) is 56.4 Å². The van der Waals surface area contributed by atoms with Crippen LogP contribution in [0.25, 0.3) is 76.2 Å². The van der Waals surface area contributed by atoms with Crippen LogP contribution in [0, 0.1) is 0 Å². The maximum Gasteiger partial charge on any atom is 0.137 e. The van der Waals surface area contributed by atoms with E-state index in [-0.39, 0.29) is 21.7 Å². The van der Waals surface area contributed by atoms with Gasteiger partial charge in [0.25, 0.3) is 0 Å². The molecule has 12 rings (SSSR count). The van der Waals surface area contributed by atoms with Crippen molar-refractivity contribution in [2.75, 3.05) is 9.80 Å². The molecule has 0 aliphatic heterocycles. The lowest BCUT2D eigenvalue weighted by Gasteiger charge is -2.33. The third kappa shape index (κ3) is 8.25. The maximum atomic E-state index is 6.89. The number of rotatable bonds is 6. The van der Waals surface area contributed by atoms with Crippen LogP contribution in [-0.2, 0) is 21.7 Å². The van der Waals surface area contributed by atoms with Crippen LogP contribution in [0.15, 0.2) is 191 Å². The van der Waals surface area contributed by atoms with Crippen LogP contribution >= 0.6 is 0 Å². The first-order chi connectivity index (χ1) is 35.2. The highest BCUT2D eigenvalue weighted by Gasteiger charge is 2.28. The average Bonchev–Trinajstić information content (AvgIpc) is 3.90. The molecule has 0 saturated carbocycles. The number of hydrogen-bond acceptors (Lipinski definition) is 4. The highest BCUT2D eigenvalue weighted by molar-refractivity contribution is 6.16. The Kier molecular flexibility index (Phi) is 10.8. The fraction of sp³-hybridized carbons (Fsp3) is 0.229. The molecule has 0 saturated heterocycles. The number of benzene rings is 10. The molecule has 0 aliphatic rings. The van der Waals surface area contributed by atoms with Gasteiger partial charge in [-0.05, 0) is 173 Å². The van der Waals surface area contributed by atoms with Crippen molar-refractivity contribution in [1.82, 2.24) is 0 Å². The lowest BCUT2D eigenvalue weighted by molar-refractivity contribution is 0.589. The van der Waals surface area contributed by atoms with Crippen LogP contribution in [0.1, 0.15) is 105 Å². The van der Waals surface area contributed by atoms with Crippen LogP contribution in [0.5, 0.6) is 0 Å². The summed E-state index contributed by atoms with van der Waals surface area (Å²) in [6.45, 7) is 27.5. The third-order valence-electron chi connectivity index (χ3n) is 15.3. The Morgan fingerprint density at radius 3 is 0.932 bits per heavy atom. The number of nitrogens with zero attached hydrogens (tertiary/aromatic N) is 2. The summed E-state index contributed by atoms with van der Waals surface area (Å²) in [5.41, 5.74) is 15.0. The van der Waals surface area contributed by atoms with Crippen molar-refractivity contribution in [2.45, 2.75) is 105 Å². The van der Waals surface area contributed by atoms with Crippen LogP contribution in [0.3, 0.4) is 0 Å². The van der Waals surface area contributed by atoms with Gasteiger partial charge >= 0.3 is 0 Å². The zero-order valence-corrected chi connectivity index (χ0v) is 45.0. The van der Waals surface area contributed by atoms with Gasteiger partial charge in [-0.15, -0.1) is 0 Å². The molecular weight excluding hydrogens is 901 g/mol. The van der Waals surface area contributed by atoms with E-state index in [9.17, 15) is 0 Å². The van der Waals surface area contributed by atoms with E-state index in [0.29, 0.717) is 0 Å². The molecule has 74 heavy (non-hydrogen) atoms. The molecule has 0 N–H and O–H groups in total. The predicted octanol–water partition coefficient (Wildman–Crippen LogP) is 21.1. The molecule has 12 aromatic rings. The Morgan fingerprint density at radius 1 is 0.270 bits per heavy atom. The fourth-order valence-corrected chi connectivity index (χ4v) is 11.2. The number of furan rings is 2. The Hall–Kier alpha value is -7.82. The van der Waals surface area contributed by atoms with E-state index in [1.165, 1.54) is 43.8 Å². The van der Waals surface area contributed by atoms with Gasteiger partial charge in [0.1, 0.15) is 22.3 Å². The molecule has 4 heteroatoms. The molecule has 368 valence electrons. The van der Waals surface area contributed by atoms with Gasteiger partial charge in [-0.3, -0.25) is 0 Å². The van der Waals surface area contributed by atoms with Gasteiger partial charge in [0.15, 0.2) is 0 Å². The highest BCUT2D eigenvalue weighted by Crippen LogP contribution is 2.48. The van der Waals surface area contributed by atoms with Crippen LogP contribution in [0.4, 0.5) is 34.1 Å². The molecule has 0 aliphatic carbocycles. The molecule has 10 aromatic carbocycles. The molecule has 4 nitrogen and oxygen atoms in total. The first-order valence-electron chi connectivity index (χ1n) is 26.3. The van der Waals surface area contributed by atoms with E-state index in [1.807, 2.05) is 0 Å². The minimum absolute atomic E-state index is 0.0379. The summed E-state index contributed by atoms with van der Waals surface area (Å²) in [4.78, 5) is 4.83. The predicted molar refractivity (Wildman–Crippen MR) is 318 cm³/mol. The van der Waals surface area contributed by atoms with E-state index in [4.69, 9.17) is 8.83 Å². The molecule has 0 atom stereocenters. The lowest BCUT2D eigenvalue weighted by atomic mass is 9.83. The molecule has 2 aromatic heterocycles. The molecule has 2 heterocycles. The second-order valence-corrected chi connectivity index (χ2v) is 24.8. The quantitative estimate of drug-likeness (QED) is 0.166. The van der Waals surface area contributed by atoms with Crippen molar-refractivity contribution >= 4 is 110 Å². The van der Waals surface area contributed by atoms with Gasteiger partial charge in [-0.2, -0.15) is 0 Å². The van der Waals surface area contributed by atoms with Crippen LogP contribution < -0.4 is 9.80 Å². The van der Waals surface area contributed by atoms with Crippen LogP contribution in [-0.4, -0.2) is 0 Å².